The molecule has 0 aliphatic carbocycles. The highest BCUT2D eigenvalue weighted by Crippen LogP contribution is 2.20. The van der Waals surface area contributed by atoms with E-state index in [1.165, 1.54) is 0 Å². The molecule has 1 N–H and O–H groups in total. The molecule has 76 valence electrons. The number of nitrogens with zero attached hydrogens (tertiary/aromatic N) is 1. The van der Waals surface area contributed by atoms with Crippen LogP contribution in [0.1, 0.15) is 18.4 Å². The molecule has 2 rings (SSSR count). The molecule has 0 bridgehead atoms. The molecule has 1 heterocycles. The van der Waals surface area contributed by atoms with Crippen LogP contribution in [0, 0.1) is 0 Å². The Kier molecular flexibility index (Phi) is 2.37. The number of rotatable bonds is 2. The van der Waals surface area contributed by atoms with E-state index in [-0.39, 0.29) is 0 Å². The van der Waals surface area contributed by atoms with E-state index in [9.17, 15) is 4.79 Å². The van der Waals surface area contributed by atoms with Crippen LogP contribution in [0.15, 0.2) is 36.5 Å². The van der Waals surface area contributed by atoms with Gasteiger partial charge in [0.15, 0.2) is 0 Å². The first-order valence-corrected chi connectivity index (χ1v) is 4.76. The van der Waals surface area contributed by atoms with Gasteiger partial charge >= 0.3 is 5.97 Å². The van der Waals surface area contributed by atoms with Crippen molar-refractivity contribution in [3.8, 4) is 0 Å². The number of carboxylic acid groups (broad SMARTS) is 1. The molecule has 0 aliphatic rings. The second-order valence-corrected chi connectivity index (χ2v) is 3.52. The summed E-state index contributed by atoms with van der Waals surface area (Å²) in [6.07, 6.45) is 1.71. The van der Waals surface area contributed by atoms with Crippen LogP contribution in [0.4, 0.5) is 0 Å². The number of benzene rings is 1. The third-order valence-corrected chi connectivity index (χ3v) is 2.50. The normalized spacial score (nSPS) is 12.6. The van der Waals surface area contributed by atoms with Crippen LogP contribution < -0.4 is 0 Å². The van der Waals surface area contributed by atoms with E-state index in [1.807, 2.05) is 30.3 Å². The lowest BCUT2D eigenvalue weighted by Gasteiger charge is -2.06. The van der Waals surface area contributed by atoms with Gasteiger partial charge in [-0.25, -0.2) is 0 Å². The smallest absolute Gasteiger partial charge is 0.310 e. The molecular weight excluding hydrogens is 190 g/mol. The summed E-state index contributed by atoms with van der Waals surface area (Å²) in [4.78, 5) is 15.0. The maximum atomic E-state index is 10.8. The Labute approximate surface area is 87.4 Å². The van der Waals surface area contributed by atoms with Crippen LogP contribution in [0.3, 0.4) is 0 Å². The van der Waals surface area contributed by atoms with Gasteiger partial charge in [-0.2, -0.15) is 0 Å². The summed E-state index contributed by atoms with van der Waals surface area (Å²) >= 11 is 0. The third-order valence-electron chi connectivity index (χ3n) is 2.50. The molecule has 1 aromatic carbocycles. The van der Waals surface area contributed by atoms with Gasteiger partial charge in [0.1, 0.15) is 0 Å². The van der Waals surface area contributed by atoms with Gasteiger partial charge in [0.25, 0.3) is 0 Å². The second kappa shape index (κ2) is 3.69. The fourth-order valence-corrected chi connectivity index (χ4v) is 1.50. The monoisotopic (exact) mass is 201 g/mol. The molecule has 0 fully saturated rings. The molecule has 0 saturated carbocycles. The first-order valence-electron chi connectivity index (χ1n) is 4.76. The van der Waals surface area contributed by atoms with Crippen molar-refractivity contribution < 1.29 is 9.90 Å². The van der Waals surface area contributed by atoms with Crippen molar-refractivity contribution in [2.45, 2.75) is 12.8 Å². The molecule has 15 heavy (non-hydrogen) atoms. The van der Waals surface area contributed by atoms with Gasteiger partial charge in [-0.3, -0.25) is 9.78 Å². The number of fused-ring (bicyclic) bond motifs is 1. The van der Waals surface area contributed by atoms with E-state index >= 15 is 0 Å². The summed E-state index contributed by atoms with van der Waals surface area (Å²) < 4.78 is 0. The second-order valence-electron chi connectivity index (χ2n) is 3.52. The molecule has 0 radical (unpaired) electrons. The molecule has 0 saturated heterocycles. The highest BCUT2D eigenvalue weighted by atomic mass is 16.4. The van der Waals surface area contributed by atoms with Gasteiger partial charge in [0.2, 0.25) is 0 Å². The summed E-state index contributed by atoms with van der Waals surface area (Å²) in [5.41, 5.74) is 1.62. The average molecular weight is 201 g/mol. The van der Waals surface area contributed by atoms with E-state index in [4.69, 9.17) is 5.11 Å². The molecule has 0 spiro atoms. The first kappa shape index (κ1) is 9.65. The summed E-state index contributed by atoms with van der Waals surface area (Å²) in [6, 6.07) is 9.38. The number of hydrogen-bond donors (Lipinski definition) is 1. The molecule has 3 heteroatoms. The van der Waals surface area contributed by atoms with E-state index in [1.54, 1.807) is 13.1 Å². The summed E-state index contributed by atoms with van der Waals surface area (Å²) in [6.45, 7) is 1.67. The maximum Gasteiger partial charge on any atom is 0.310 e. The standard InChI is InChI=1S/C12H11NO2/c1-8(12(14)15)10-5-4-9-3-2-6-13-11(9)7-10/h2-8H,1H3,(H,14,15)/t8-/m0/s1. The molecule has 0 aliphatic heterocycles. The minimum Gasteiger partial charge on any atom is -0.481 e. The van der Waals surface area contributed by atoms with Crippen LogP contribution in [-0.4, -0.2) is 16.1 Å². The highest BCUT2D eigenvalue weighted by Gasteiger charge is 2.13. The zero-order chi connectivity index (χ0) is 10.8. The molecule has 3 nitrogen and oxygen atoms in total. The van der Waals surface area contributed by atoms with Crippen molar-refractivity contribution in [3.05, 3.63) is 42.1 Å². The maximum absolute atomic E-state index is 10.8. The molecule has 1 atom stereocenters. The van der Waals surface area contributed by atoms with E-state index < -0.39 is 11.9 Å². The minimum absolute atomic E-state index is 0.489. The van der Waals surface area contributed by atoms with Gasteiger partial charge < -0.3 is 5.11 Å². The number of aliphatic carboxylic acids is 1. The zero-order valence-corrected chi connectivity index (χ0v) is 8.34. The molecule has 0 amide bonds. The largest absolute Gasteiger partial charge is 0.481 e. The van der Waals surface area contributed by atoms with Crippen LogP contribution >= 0.6 is 0 Å². The average Bonchev–Trinajstić information content (AvgIpc) is 2.27. The Morgan fingerprint density at radius 3 is 2.93 bits per heavy atom. The Morgan fingerprint density at radius 1 is 1.40 bits per heavy atom. The van der Waals surface area contributed by atoms with Crippen LogP contribution in [-0.2, 0) is 4.79 Å². The Bertz CT molecular complexity index is 508. The van der Waals surface area contributed by atoms with Gasteiger partial charge in [-0.15, -0.1) is 0 Å². The minimum atomic E-state index is -0.815. The van der Waals surface area contributed by atoms with Crippen molar-refractivity contribution >= 4 is 16.9 Å². The Hall–Kier alpha value is -1.90. The predicted molar refractivity (Wildman–Crippen MR) is 57.8 cm³/mol. The summed E-state index contributed by atoms with van der Waals surface area (Å²) in [5.74, 6) is -1.30. The number of carboxylic acids is 1. The molecule has 0 unspecified atom stereocenters. The SMILES string of the molecule is C[C@H](C(=O)O)c1ccc2cccnc2c1. The Balaban J connectivity index is 2.51. The third kappa shape index (κ3) is 1.81. The predicted octanol–water partition coefficient (Wildman–Crippen LogP) is 2.42. The highest BCUT2D eigenvalue weighted by molar-refractivity contribution is 5.82. The number of pyridine rings is 1. The van der Waals surface area contributed by atoms with Crippen molar-refractivity contribution in [1.82, 2.24) is 4.98 Å². The van der Waals surface area contributed by atoms with E-state index in [0.717, 1.165) is 16.5 Å². The summed E-state index contributed by atoms with van der Waals surface area (Å²) in [7, 11) is 0. The lowest BCUT2D eigenvalue weighted by atomic mass is 10.00. The van der Waals surface area contributed by atoms with Crippen molar-refractivity contribution in [1.29, 1.82) is 0 Å². The molecule has 1 aromatic heterocycles. The van der Waals surface area contributed by atoms with Crippen molar-refractivity contribution in [3.63, 3.8) is 0 Å². The van der Waals surface area contributed by atoms with Gasteiger partial charge in [0, 0.05) is 11.6 Å². The van der Waals surface area contributed by atoms with E-state index in [2.05, 4.69) is 4.98 Å². The van der Waals surface area contributed by atoms with Crippen LogP contribution in [0.25, 0.3) is 10.9 Å². The van der Waals surface area contributed by atoms with Gasteiger partial charge in [-0.05, 0) is 24.6 Å². The lowest BCUT2D eigenvalue weighted by molar-refractivity contribution is -0.138. The molecular formula is C12H11NO2. The van der Waals surface area contributed by atoms with Crippen LogP contribution in [0.5, 0.6) is 0 Å². The number of hydrogen-bond acceptors (Lipinski definition) is 2. The van der Waals surface area contributed by atoms with Gasteiger partial charge in [0.05, 0.1) is 11.4 Å². The quantitative estimate of drug-likeness (QED) is 0.811. The zero-order valence-electron chi connectivity index (χ0n) is 8.34. The number of aromatic nitrogens is 1. The fourth-order valence-electron chi connectivity index (χ4n) is 1.50. The van der Waals surface area contributed by atoms with E-state index in [0.29, 0.717) is 0 Å². The van der Waals surface area contributed by atoms with Gasteiger partial charge in [-0.1, -0.05) is 18.2 Å². The Morgan fingerprint density at radius 2 is 2.20 bits per heavy atom. The molecule has 2 aromatic rings. The van der Waals surface area contributed by atoms with Crippen LogP contribution in [0.2, 0.25) is 0 Å². The first-order chi connectivity index (χ1) is 7.18. The topological polar surface area (TPSA) is 50.2 Å². The fraction of sp³-hybridized carbons (Fsp3) is 0.167. The van der Waals surface area contributed by atoms with Crippen molar-refractivity contribution in [2.24, 2.45) is 0 Å². The van der Waals surface area contributed by atoms with Crippen molar-refractivity contribution in [2.75, 3.05) is 0 Å². The lowest BCUT2D eigenvalue weighted by Crippen LogP contribution is -2.07. The summed E-state index contributed by atoms with van der Waals surface area (Å²) in [5, 5.41) is 9.91. The number of carbonyl (C=O) groups is 1.